The second-order valence-corrected chi connectivity index (χ2v) is 5.87. The second-order valence-electron chi connectivity index (χ2n) is 5.87. The minimum absolute atomic E-state index is 0.0393. The van der Waals surface area contributed by atoms with Gasteiger partial charge >= 0.3 is 6.01 Å². The molecule has 2 aromatic heterocycles. The van der Waals surface area contributed by atoms with E-state index in [1.165, 1.54) is 0 Å². The van der Waals surface area contributed by atoms with Crippen LogP contribution in [0.2, 0.25) is 0 Å². The molecule has 0 N–H and O–H groups in total. The largest absolute Gasteiger partial charge is 0.408 e. The van der Waals surface area contributed by atoms with Gasteiger partial charge in [0.05, 0.1) is 31.9 Å². The molecule has 4 rings (SSSR count). The fraction of sp³-hybridized carbons (Fsp3) is 0.353. The van der Waals surface area contributed by atoms with Gasteiger partial charge in [-0.25, -0.2) is 0 Å². The number of anilines is 1. The fourth-order valence-electron chi connectivity index (χ4n) is 2.92. The Hall–Kier alpha value is -2.67. The zero-order chi connectivity index (χ0) is 16.4. The van der Waals surface area contributed by atoms with Crippen LogP contribution in [0.1, 0.15) is 23.1 Å². The zero-order valence-corrected chi connectivity index (χ0v) is 13.5. The van der Waals surface area contributed by atoms with Gasteiger partial charge in [0.25, 0.3) is 0 Å². The number of aromatic nitrogens is 4. The molecule has 24 heavy (non-hydrogen) atoms. The van der Waals surface area contributed by atoms with Crippen LogP contribution in [0.4, 0.5) is 6.01 Å². The molecule has 1 aliphatic rings. The highest BCUT2D eigenvalue weighted by molar-refractivity contribution is 5.33. The fourth-order valence-corrected chi connectivity index (χ4v) is 2.92. The Labute approximate surface area is 139 Å². The van der Waals surface area contributed by atoms with Crippen molar-refractivity contribution in [2.45, 2.75) is 12.5 Å². The van der Waals surface area contributed by atoms with Gasteiger partial charge in [-0.1, -0.05) is 35.4 Å². The lowest BCUT2D eigenvalue weighted by Gasteiger charge is -2.33. The van der Waals surface area contributed by atoms with E-state index in [0.717, 1.165) is 11.1 Å². The maximum absolute atomic E-state index is 5.91. The van der Waals surface area contributed by atoms with E-state index in [1.807, 2.05) is 37.6 Å². The number of benzene rings is 1. The second kappa shape index (κ2) is 6.45. The van der Waals surface area contributed by atoms with E-state index in [0.29, 0.717) is 38.1 Å². The van der Waals surface area contributed by atoms with E-state index in [1.54, 1.807) is 4.68 Å². The molecule has 0 spiro atoms. The SMILES string of the molecule is Cn1cc(C2COCCN2c2nnc(Cc3ccccc3)o2)cn1. The minimum Gasteiger partial charge on any atom is -0.408 e. The number of morpholine rings is 1. The topological polar surface area (TPSA) is 69.2 Å². The summed E-state index contributed by atoms with van der Waals surface area (Å²) in [5.74, 6) is 0.618. The van der Waals surface area contributed by atoms with Gasteiger partial charge in [-0.15, -0.1) is 5.10 Å². The highest BCUT2D eigenvalue weighted by Crippen LogP contribution is 2.29. The van der Waals surface area contributed by atoms with Crippen molar-refractivity contribution in [3.63, 3.8) is 0 Å². The summed E-state index contributed by atoms with van der Waals surface area (Å²) >= 11 is 0. The summed E-state index contributed by atoms with van der Waals surface area (Å²) in [5.41, 5.74) is 2.23. The van der Waals surface area contributed by atoms with Crippen LogP contribution in [0, 0.1) is 0 Å². The Balaban J connectivity index is 1.55. The maximum atomic E-state index is 5.91. The maximum Gasteiger partial charge on any atom is 0.318 e. The van der Waals surface area contributed by atoms with Gasteiger partial charge in [0, 0.05) is 25.4 Å². The van der Waals surface area contributed by atoms with E-state index in [2.05, 4.69) is 32.3 Å². The van der Waals surface area contributed by atoms with E-state index in [9.17, 15) is 0 Å². The smallest absolute Gasteiger partial charge is 0.318 e. The number of hydrogen-bond acceptors (Lipinski definition) is 6. The highest BCUT2D eigenvalue weighted by atomic mass is 16.5. The van der Waals surface area contributed by atoms with Crippen molar-refractivity contribution in [3.05, 3.63) is 59.7 Å². The summed E-state index contributed by atoms with van der Waals surface area (Å²) in [7, 11) is 1.90. The standard InChI is InChI=1S/C17H19N5O2/c1-21-11-14(10-18-21)15-12-23-8-7-22(15)17-20-19-16(24-17)9-13-5-3-2-4-6-13/h2-6,10-11,15H,7-9,12H2,1H3. The molecule has 1 aliphatic heterocycles. The van der Waals surface area contributed by atoms with Crippen LogP contribution in [0.25, 0.3) is 0 Å². The number of rotatable bonds is 4. The third kappa shape index (κ3) is 3.03. The summed E-state index contributed by atoms with van der Waals surface area (Å²) in [6.45, 7) is 1.95. The average Bonchev–Trinajstić information content (AvgIpc) is 3.25. The van der Waals surface area contributed by atoms with Crippen LogP contribution in [-0.2, 0) is 18.2 Å². The molecule has 3 aromatic rings. The molecular formula is C17H19N5O2. The molecule has 0 saturated carbocycles. The average molecular weight is 325 g/mol. The van der Waals surface area contributed by atoms with Gasteiger partial charge in [-0.05, 0) is 5.56 Å². The van der Waals surface area contributed by atoms with E-state index < -0.39 is 0 Å². The summed E-state index contributed by atoms with van der Waals surface area (Å²) in [4.78, 5) is 2.10. The van der Waals surface area contributed by atoms with Crippen LogP contribution in [0.3, 0.4) is 0 Å². The van der Waals surface area contributed by atoms with Gasteiger partial charge in [0.1, 0.15) is 0 Å². The van der Waals surface area contributed by atoms with Crippen LogP contribution in [0.15, 0.2) is 47.1 Å². The predicted molar refractivity (Wildman–Crippen MR) is 87.7 cm³/mol. The van der Waals surface area contributed by atoms with Gasteiger partial charge < -0.3 is 14.1 Å². The quantitative estimate of drug-likeness (QED) is 0.730. The molecule has 0 radical (unpaired) electrons. The Kier molecular flexibility index (Phi) is 4.00. The molecule has 1 saturated heterocycles. The third-order valence-electron chi connectivity index (χ3n) is 4.14. The Bertz CT molecular complexity index is 798. The normalized spacial score (nSPS) is 18.0. The molecule has 0 amide bonds. The molecular weight excluding hydrogens is 306 g/mol. The number of hydrogen-bond donors (Lipinski definition) is 0. The van der Waals surface area contributed by atoms with Crippen LogP contribution in [0.5, 0.6) is 0 Å². The van der Waals surface area contributed by atoms with Gasteiger partial charge in [0.2, 0.25) is 5.89 Å². The van der Waals surface area contributed by atoms with Crippen LogP contribution >= 0.6 is 0 Å². The highest BCUT2D eigenvalue weighted by Gasteiger charge is 2.29. The van der Waals surface area contributed by atoms with Gasteiger partial charge in [-0.3, -0.25) is 4.68 Å². The third-order valence-corrected chi connectivity index (χ3v) is 4.14. The summed E-state index contributed by atoms with van der Waals surface area (Å²) in [6, 6.07) is 10.7. The lowest BCUT2D eigenvalue weighted by Crippen LogP contribution is -2.39. The van der Waals surface area contributed by atoms with Crippen molar-refractivity contribution in [1.82, 2.24) is 20.0 Å². The first-order valence-corrected chi connectivity index (χ1v) is 7.99. The molecule has 1 atom stereocenters. The molecule has 3 heterocycles. The predicted octanol–water partition coefficient (Wildman–Crippen LogP) is 1.97. The van der Waals surface area contributed by atoms with Crippen LogP contribution < -0.4 is 4.90 Å². The number of ether oxygens (including phenoxy) is 1. The molecule has 7 heteroatoms. The Morgan fingerprint density at radius 2 is 2.08 bits per heavy atom. The van der Waals surface area contributed by atoms with Gasteiger partial charge in [-0.2, -0.15) is 5.10 Å². The summed E-state index contributed by atoms with van der Waals surface area (Å²) < 4.78 is 13.3. The first-order chi connectivity index (χ1) is 11.8. The lowest BCUT2D eigenvalue weighted by molar-refractivity contribution is 0.0911. The van der Waals surface area contributed by atoms with Crippen molar-refractivity contribution in [2.24, 2.45) is 7.05 Å². The first kappa shape index (κ1) is 14.9. The molecule has 124 valence electrons. The van der Waals surface area contributed by atoms with Crippen molar-refractivity contribution in [1.29, 1.82) is 0 Å². The van der Waals surface area contributed by atoms with Crippen LogP contribution in [-0.4, -0.2) is 39.7 Å². The lowest BCUT2D eigenvalue weighted by atomic mass is 10.1. The summed E-state index contributed by atoms with van der Waals surface area (Å²) in [5, 5.41) is 12.7. The van der Waals surface area contributed by atoms with Crippen molar-refractivity contribution >= 4 is 6.01 Å². The zero-order valence-electron chi connectivity index (χ0n) is 13.5. The molecule has 1 aromatic carbocycles. The molecule has 7 nitrogen and oxygen atoms in total. The van der Waals surface area contributed by atoms with Crippen molar-refractivity contribution in [3.8, 4) is 0 Å². The molecule has 1 unspecified atom stereocenters. The Morgan fingerprint density at radius 1 is 1.21 bits per heavy atom. The molecule has 0 aliphatic carbocycles. The van der Waals surface area contributed by atoms with E-state index in [-0.39, 0.29) is 6.04 Å². The van der Waals surface area contributed by atoms with Crippen molar-refractivity contribution < 1.29 is 9.15 Å². The number of nitrogens with zero attached hydrogens (tertiary/aromatic N) is 5. The Morgan fingerprint density at radius 3 is 2.88 bits per heavy atom. The molecule has 1 fully saturated rings. The van der Waals surface area contributed by atoms with E-state index in [4.69, 9.17) is 9.15 Å². The van der Waals surface area contributed by atoms with E-state index >= 15 is 0 Å². The minimum atomic E-state index is 0.0393. The molecule has 0 bridgehead atoms. The van der Waals surface area contributed by atoms with Gasteiger partial charge in [0.15, 0.2) is 0 Å². The summed E-state index contributed by atoms with van der Waals surface area (Å²) in [6.07, 6.45) is 4.48. The first-order valence-electron chi connectivity index (χ1n) is 7.99. The monoisotopic (exact) mass is 325 g/mol. The van der Waals surface area contributed by atoms with Crippen molar-refractivity contribution in [2.75, 3.05) is 24.7 Å². The number of aryl methyl sites for hydroxylation is 1.